The number of unbranched alkanes of at least 4 members (excludes halogenated alkanes) is 1. The summed E-state index contributed by atoms with van der Waals surface area (Å²) in [6.07, 6.45) is 2.33. The van der Waals surface area contributed by atoms with E-state index in [0.717, 1.165) is 19.3 Å². The fraction of sp³-hybridized carbons (Fsp3) is 1.00. The van der Waals surface area contributed by atoms with Crippen LogP contribution in [0.2, 0.25) is 0 Å². The Morgan fingerprint density at radius 2 is 1.64 bits per heavy atom. The lowest BCUT2D eigenvalue weighted by Crippen LogP contribution is -2.58. The largest absolute Gasteiger partial charge is 0.517 e. The predicted molar refractivity (Wildman–Crippen MR) is 55.7 cm³/mol. The summed E-state index contributed by atoms with van der Waals surface area (Å²) < 4.78 is 15.7. The number of aliphatic hydroxyl groups excluding tert-OH is 1. The molecule has 0 rings (SSSR count). The van der Waals surface area contributed by atoms with Crippen LogP contribution in [0.3, 0.4) is 0 Å². The van der Waals surface area contributed by atoms with Gasteiger partial charge in [0.2, 0.25) is 0 Å². The van der Waals surface area contributed by atoms with Crippen LogP contribution in [0, 0.1) is 0 Å². The van der Waals surface area contributed by atoms with Gasteiger partial charge in [-0.15, -0.1) is 0 Å². The monoisotopic (exact) mass is 223 g/mol. The summed E-state index contributed by atoms with van der Waals surface area (Å²) in [5.74, 6) is 0. The number of hydrogen-bond acceptors (Lipinski definition) is 5. The number of aliphatic hydroxyl groups is 1. The Bertz CT molecular complexity index is 135. The Kier molecular flexibility index (Phi) is 7.34. The zero-order valence-electron chi connectivity index (χ0n) is 9.16. The van der Waals surface area contributed by atoms with Crippen molar-refractivity contribution in [2.45, 2.75) is 24.9 Å². The van der Waals surface area contributed by atoms with E-state index in [4.69, 9.17) is 24.1 Å². The van der Waals surface area contributed by atoms with Gasteiger partial charge in [0.05, 0.1) is 5.67 Å². The average molecular weight is 223 g/mol. The standard InChI is InChI=1S/C8H21NO4Si/c1-11-14(12-2,13-3)8(9)6-4-5-7-10/h8,10H,4-7,9H2,1-3H3. The van der Waals surface area contributed by atoms with E-state index in [1.165, 1.54) is 0 Å². The molecule has 0 amide bonds. The molecule has 0 aliphatic carbocycles. The quantitative estimate of drug-likeness (QED) is 0.444. The first kappa shape index (κ1) is 14.0. The first-order valence-electron chi connectivity index (χ1n) is 4.68. The second-order valence-electron chi connectivity index (χ2n) is 3.04. The zero-order valence-corrected chi connectivity index (χ0v) is 10.2. The minimum Gasteiger partial charge on any atom is -0.396 e. The van der Waals surface area contributed by atoms with Gasteiger partial charge in [0.25, 0.3) is 0 Å². The molecule has 0 aliphatic rings. The van der Waals surface area contributed by atoms with Gasteiger partial charge in [-0.3, -0.25) is 0 Å². The van der Waals surface area contributed by atoms with Gasteiger partial charge in [0, 0.05) is 27.9 Å². The molecule has 0 aromatic carbocycles. The van der Waals surface area contributed by atoms with Crippen LogP contribution in [0.4, 0.5) is 0 Å². The molecule has 0 bridgehead atoms. The maximum atomic E-state index is 8.63. The van der Waals surface area contributed by atoms with Crippen LogP contribution in [0.1, 0.15) is 19.3 Å². The highest BCUT2D eigenvalue weighted by Crippen LogP contribution is 2.14. The SMILES string of the molecule is CO[Si](OC)(OC)C(N)CCCCO. The minimum atomic E-state index is -2.67. The molecule has 1 atom stereocenters. The Labute approximate surface area is 86.5 Å². The fourth-order valence-electron chi connectivity index (χ4n) is 1.36. The molecule has 0 heterocycles. The summed E-state index contributed by atoms with van der Waals surface area (Å²) in [4.78, 5) is 0. The van der Waals surface area contributed by atoms with Crippen molar-refractivity contribution in [3.63, 3.8) is 0 Å². The number of nitrogens with two attached hydrogens (primary N) is 1. The number of rotatable bonds is 8. The van der Waals surface area contributed by atoms with Gasteiger partial charge >= 0.3 is 8.80 Å². The molecule has 1 unspecified atom stereocenters. The van der Waals surface area contributed by atoms with Crippen molar-refractivity contribution in [2.75, 3.05) is 27.9 Å². The van der Waals surface area contributed by atoms with Gasteiger partial charge in [-0.2, -0.15) is 0 Å². The van der Waals surface area contributed by atoms with Crippen LogP contribution in [-0.4, -0.2) is 47.5 Å². The molecule has 86 valence electrons. The first-order valence-corrected chi connectivity index (χ1v) is 6.49. The molecule has 3 N–H and O–H groups in total. The second-order valence-corrected chi connectivity index (χ2v) is 6.22. The van der Waals surface area contributed by atoms with Crippen LogP contribution in [0.5, 0.6) is 0 Å². The van der Waals surface area contributed by atoms with E-state index in [9.17, 15) is 0 Å². The van der Waals surface area contributed by atoms with E-state index in [0.29, 0.717) is 0 Å². The molecule has 5 nitrogen and oxygen atoms in total. The zero-order chi connectivity index (χ0) is 11.0. The van der Waals surface area contributed by atoms with Gasteiger partial charge < -0.3 is 24.1 Å². The van der Waals surface area contributed by atoms with E-state index < -0.39 is 8.80 Å². The maximum Gasteiger partial charge on any atom is 0.517 e. The molecule has 14 heavy (non-hydrogen) atoms. The van der Waals surface area contributed by atoms with Gasteiger partial charge in [-0.05, 0) is 19.3 Å². The smallest absolute Gasteiger partial charge is 0.396 e. The molecule has 0 spiro atoms. The van der Waals surface area contributed by atoms with Crippen molar-refractivity contribution in [3.8, 4) is 0 Å². The lowest BCUT2D eigenvalue weighted by Gasteiger charge is -2.29. The van der Waals surface area contributed by atoms with Crippen LogP contribution < -0.4 is 5.73 Å². The molecule has 6 heteroatoms. The third-order valence-corrected chi connectivity index (χ3v) is 5.13. The fourth-order valence-corrected chi connectivity index (χ4v) is 3.32. The Morgan fingerprint density at radius 1 is 1.14 bits per heavy atom. The highest BCUT2D eigenvalue weighted by Gasteiger charge is 2.44. The summed E-state index contributed by atoms with van der Waals surface area (Å²) in [7, 11) is 1.97. The Morgan fingerprint density at radius 3 is 2.00 bits per heavy atom. The Balaban J connectivity index is 4.07. The van der Waals surface area contributed by atoms with Crippen molar-refractivity contribution >= 4 is 8.80 Å². The lowest BCUT2D eigenvalue weighted by molar-refractivity contribution is 0.111. The van der Waals surface area contributed by atoms with Crippen molar-refractivity contribution < 1.29 is 18.4 Å². The summed E-state index contributed by atoms with van der Waals surface area (Å²) >= 11 is 0. The molecule has 0 radical (unpaired) electrons. The minimum absolute atomic E-state index is 0.189. The first-order chi connectivity index (χ1) is 6.66. The summed E-state index contributed by atoms with van der Waals surface area (Å²) in [5.41, 5.74) is 5.70. The Hall–Kier alpha value is 0.0169. The van der Waals surface area contributed by atoms with Crippen molar-refractivity contribution in [1.82, 2.24) is 0 Å². The van der Waals surface area contributed by atoms with E-state index in [-0.39, 0.29) is 12.3 Å². The van der Waals surface area contributed by atoms with E-state index in [1.54, 1.807) is 21.3 Å². The third-order valence-electron chi connectivity index (χ3n) is 2.23. The molecule has 0 saturated carbocycles. The van der Waals surface area contributed by atoms with Crippen molar-refractivity contribution in [3.05, 3.63) is 0 Å². The highest BCUT2D eigenvalue weighted by atomic mass is 28.4. The van der Waals surface area contributed by atoms with Crippen LogP contribution in [-0.2, 0) is 13.3 Å². The molecule has 0 aliphatic heterocycles. The van der Waals surface area contributed by atoms with Crippen LogP contribution in [0.15, 0.2) is 0 Å². The van der Waals surface area contributed by atoms with E-state index in [1.807, 2.05) is 0 Å². The summed E-state index contributed by atoms with van der Waals surface area (Å²) in [6, 6.07) is 0. The maximum absolute atomic E-state index is 8.63. The normalized spacial score (nSPS) is 14.4. The summed E-state index contributed by atoms with van der Waals surface area (Å²) in [6.45, 7) is 0.189. The molecule has 0 fully saturated rings. The molecular weight excluding hydrogens is 202 g/mol. The van der Waals surface area contributed by atoms with E-state index >= 15 is 0 Å². The number of hydrogen-bond donors (Lipinski definition) is 2. The highest BCUT2D eigenvalue weighted by molar-refractivity contribution is 6.62. The van der Waals surface area contributed by atoms with Gasteiger partial charge in [-0.25, -0.2) is 0 Å². The predicted octanol–water partition coefficient (Wildman–Crippen LogP) is -0.106. The van der Waals surface area contributed by atoms with Gasteiger partial charge in [0.1, 0.15) is 0 Å². The topological polar surface area (TPSA) is 73.9 Å². The van der Waals surface area contributed by atoms with E-state index in [2.05, 4.69) is 0 Å². The van der Waals surface area contributed by atoms with Gasteiger partial charge in [-0.1, -0.05) is 0 Å². The molecule has 0 aromatic heterocycles. The van der Waals surface area contributed by atoms with Gasteiger partial charge in [0.15, 0.2) is 0 Å². The molecular formula is C8H21NO4Si. The van der Waals surface area contributed by atoms with Crippen LogP contribution >= 0.6 is 0 Å². The lowest BCUT2D eigenvalue weighted by atomic mass is 10.2. The van der Waals surface area contributed by atoms with Crippen LogP contribution in [0.25, 0.3) is 0 Å². The van der Waals surface area contributed by atoms with Crippen molar-refractivity contribution in [2.24, 2.45) is 5.73 Å². The molecule has 0 saturated heterocycles. The molecule has 0 aromatic rings. The second kappa shape index (κ2) is 7.33. The average Bonchev–Trinajstić information content (AvgIpc) is 2.22. The summed E-state index contributed by atoms with van der Waals surface area (Å²) in [5, 5.41) is 8.63. The van der Waals surface area contributed by atoms with Crippen molar-refractivity contribution in [1.29, 1.82) is 0 Å². The third kappa shape index (κ3) is 3.64.